The van der Waals surface area contributed by atoms with Crippen LogP contribution in [0.2, 0.25) is 0 Å². The molecule has 0 spiro atoms. The molecule has 116 valence electrons. The molecule has 5 nitrogen and oxygen atoms in total. The van der Waals surface area contributed by atoms with Crippen LogP contribution in [-0.2, 0) is 33.7 Å². The van der Waals surface area contributed by atoms with E-state index >= 15 is 0 Å². The van der Waals surface area contributed by atoms with Gasteiger partial charge in [-0.3, -0.25) is 9.59 Å². The number of benzene rings is 1. The zero-order chi connectivity index (χ0) is 15.7. The topological polar surface area (TPSA) is 68.5 Å². The van der Waals surface area contributed by atoms with Gasteiger partial charge in [0.15, 0.2) is 0 Å². The molecule has 1 heterocycles. The Morgan fingerprint density at radius 1 is 1.36 bits per heavy atom. The van der Waals surface area contributed by atoms with Crippen LogP contribution in [0.25, 0.3) is 10.9 Å². The van der Waals surface area contributed by atoms with Gasteiger partial charge in [-0.05, 0) is 37.8 Å². The predicted molar refractivity (Wildman–Crippen MR) is 81.7 cm³/mol. The molecule has 2 aromatic rings. The van der Waals surface area contributed by atoms with Crippen molar-refractivity contribution in [1.82, 2.24) is 4.57 Å². The third kappa shape index (κ3) is 2.47. The van der Waals surface area contributed by atoms with Gasteiger partial charge in [0.1, 0.15) is 6.54 Å². The molecule has 0 amide bonds. The highest BCUT2D eigenvalue weighted by molar-refractivity contribution is 5.88. The van der Waals surface area contributed by atoms with E-state index in [4.69, 9.17) is 4.74 Å². The number of aromatic nitrogens is 1. The fraction of sp³-hybridized carbons (Fsp3) is 0.412. The number of carbonyl (C=O) groups excluding carboxylic acids is 1. The van der Waals surface area contributed by atoms with Gasteiger partial charge < -0.3 is 14.4 Å². The zero-order valence-electron chi connectivity index (χ0n) is 12.5. The molecule has 0 radical (unpaired) electrons. The summed E-state index contributed by atoms with van der Waals surface area (Å²) in [5, 5.41) is 10.3. The fourth-order valence-corrected chi connectivity index (χ4v) is 3.33. The minimum atomic E-state index is -0.743. The predicted octanol–water partition coefficient (Wildman–Crippen LogP) is 2.39. The number of rotatable bonds is 4. The first-order valence-corrected chi connectivity index (χ1v) is 7.59. The molecule has 22 heavy (non-hydrogen) atoms. The third-order valence-corrected chi connectivity index (χ3v) is 4.32. The molecule has 0 bridgehead atoms. The largest absolute Gasteiger partial charge is 0.481 e. The Balaban J connectivity index is 2.06. The number of carbonyl (C=O) groups is 2. The smallest absolute Gasteiger partial charge is 0.325 e. The number of carboxylic acids is 1. The first kappa shape index (κ1) is 14.6. The molecule has 0 saturated heterocycles. The van der Waals surface area contributed by atoms with Gasteiger partial charge in [-0.1, -0.05) is 18.2 Å². The lowest BCUT2D eigenvalue weighted by atomic mass is 9.86. The summed E-state index contributed by atoms with van der Waals surface area (Å²) >= 11 is 0. The first-order valence-electron chi connectivity index (χ1n) is 7.59. The van der Waals surface area contributed by atoms with Gasteiger partial charge in [0.05, 0.1) is 12.5 Å². The Bertz CT molecular complexity index is 732. The molecule has 1 aromatic heterocycles. The number of esters is 1. The van der Waals surface area contributed by atoms with Crippen LogP contribution in [-0.4, -0.2) is 28.2 Å². The van der Waals surface area contributed by atoms with Gasteiger partial charge in [0.2, 0.25) is 0 Å². The second-order valence-corrected chi connectivity index (χ2v) is 5.61. The highest BCUT2D eigenvalue weighted by Crippen LogP contribution is 2.34. The number of ether oxygens (including phenoxy) is 1. The standard InChI is InChI=1S/C17H19NO4/c1-2-22-16(19)10-18-14-6-4-3-5-12(14)13-9-11(17(20)21)7-8-15(13)18/h3-6,11H,2,7-10H2,1H3,(H,20,21). The van der Waals surface area contributed by atoms with Crippen LogP contribution in [0, 0.1) is 5.92 Å². The van der Waals surface area contributed by atoms with Crippen molar-refractivity contribution in [3.05, 3.63) is 35.5 Å². The van der Waals surface area contributed by atoms with Crippen molar-refractivity contribution in [2.75, 3.05) is 6.61 Å². The molecule has 1 aliphatic rings. The monoisotopic (exact) mass is 301 g/mol. The number of carboxylic acid groups (broad SMARTS) is 1. The summed E-state index contributed by atoms with van der Waals surface area (Å²) in [4.78, 5) is 23.2. The van der Waals surface area contributed by atoms with Gasteiger partial charge in [0, 0.05) is 16.6 Å². The van der Waals surface area contributed by atoms with E-state index in [2.05, 4.69) is 0 Å². The minimum absolute atomic E-state index is 0.182. The quantitative estimate of drug-likeness (QED) is 0.880. The van der Waals surface area contributed by atoms with Crippen molar-refractivity contribution in [2.24, 2.45) is 5.92 Å². The van der Waals surface area contributed by atoms with Crippen LogP contribution in [0.15, 0.2) is 24.3 Å². The van der Waals surface area contributed by atoms with Crippen LogP contribution in [0.3, 0.4) is 0 Å². The second-order valence-electron chi connectivity index (χ2n) is 5.61. The Morgan fingerprint density at radius 2 is 2.14 bits per heavy atom. The van der Waals surface area contributed by atoms with Gasteiger partial charge in [-0.15, -0.1) is 0 Å². The molecule has 3 rings (SSSR count). The Kier molecular flexibility index (Phi) is 3.88. The number of fused-ring (bicyclic) bond motifs is 3. The van der Waals surface area contributed by atoms with Crippen LogP contribution in [0.5, 0.6) is 0 Å². The number of para-hydroxylation sites is 1. The lowest BCUT2D eigenvalue weighted by Gasteiger charge is -2.20. The molecule has 0 saturated carbocycles. The Hall–Kier alpha value is -2.30. The molecule has 1 atom stereocenters. The van der Waals surface area contributed by atoms with E-state index in [0.717, 1.165) is 22.2 Å². The van der Waals surface area contributed by atoms with Gasteiger partial charge in [-0.25, -0.2) is 0 Å². The summed E-state index contributed by atoms with van der Waals surface area (Å²) in [5.74, 6) is -1.34. The van der Waals surface area contributed by atoms with Gasteiger partial charge in [-0.2, -0.15) is 0 Å². The summed E-state index contributed by atoms with van der Waals surface area (Å²) in [5.41, 5.74) is 3.12. The van der Waals surface area contributed by atoms with Crippen molar-refractivity contribution < 1.29 is 19.4 Å². The Morgan fingerprint density at radius 3 is 2.86 bits per heavy atom. The molecular weight excluding hydrogens is 282 g/mol. The molecular formula is C17H19NO4. The van der Waals surface area contributed by atoms with Gasteiger partial charge in [0.25, 0.3) is 0 Å². The number of hydrogen-bond donors (Lipinski definition) is 1. The van der Waals surface area contributed by atoms with E-state index in [1.807, 2.05) is 28.8 Å². The lowest BCUT2D eigenvalue weighted by Crippen LogP contribution is -2.24. The maximum atomic E-state index is 11.9. The van der Waals surface area contributed by atoms with E-state index in [1.54, 1.807) is 6.92 Å². The van der Waals surface area contributed by atoms with Crippen LogP contribution in [0.1, 0.15) is 24.6 Å². The summed E-state index contributed by atoms with van der Waals surface area (Å²) in [6.07, 6.45) is 1.82. The van der Waals surface area contributed by atoms with Crippen molar-refractivity contribution in [2.45, 2.75) is 32.7 Å². The molecule has 1 N–H and O–H groups in total. The molecule has 0 fully saturated rings. The highest BCUT2D eigenvalue weighted by atomic mass is 16.5. The van der Waals surface area contributed by atoms with Crippen LogP contribution >= 0.6 is 0 Å². The second kappa shape index (κ2) is 5.83. The van der Waals surface area contributed by atoms with E-state index < -0.39 is 5.97 Å². The van der Waals surface area contributed by atoms with Crippen LogP contribution in [0.4, 0.5) is 0 Å². The third-order valence-electron chi connectivity index (χ3n) is 4.32. The molecule has 1 unspecified atom stereocenters. The van der Waals surface area contributed by atoms with Gasteiger partial charge >= 0.3 is 11.9 Å². The summed E-state index contributed by atoms with van der Waals surface area (Å²) in [7, 11) is 0. The molecule has 5 heteroatoms. The fourth-order valence-electron chi connectivity index (χ4n) is 3.33. The maximum Gasteiger partial charge on any atom is 0.325 e. The van der Waals surface area contributed by atoms with Crippen LogP contribution < -0.4 is 0 Å². The minimum Gasteiger partial charge on any atom is -0.481 e. The SMILES string of the molecule is CCOC(=O)Cn1c2c(c3ccccc31)CC(C(=O)O)CC2. The average Bonchev–Trinajstić information content (AvgIpc) is 2.81. The number of aliphatic carboxylic acids is 1. The van der Waals surface area contributed by atoms with E-state index in [0.29, 0.717) is 25.9 Å². The average molecular weight is 301 g/mol. The Labute approximate surface area is 128 Å². The van der Waals surface area contributed by atoms with Crippen molar-refractivity contribution >= 4 is 22.8 Å². The normalized spacial score (nSPS) is 17.2. The first-order chi connectivity index (χ1) is 10.6. The van der Waals surface area contributed by atoms with E-state index in [-0.39, 0.29) is 18.4 Å². The maximum absolute atomic E-state index is 11.9. The lowest BCUT2D eigenvalue weighted by molar-refractivity contribution is -0.144. The highest BCUT2D eigenvalue weighted by Gasteiger charge is 2.29. The van der Waals surface area contributed by atoms with E-state index in [1.165, 1.54) is 0 Å². The summed E-state index contributed by atoms with van der Waals surface area (Å²) < 4.78 is 7.05. The zero-order valence-corrected chi connectivity index (χ0v) is 12.5. The number of nitrogens with zero attached hydrogens (tertiary/aromatic N) is 1. The van der Waals surface area contributed by atoms with E-state index in [9.17, 15) is 14.7 Å². The molecule has 0 aliphatic heterocycles. The summed E-state index contributed by atoms with van der Waals surface area (Å²) in [6.45, 7) is 2.33. The number of hydrogen-bond acceptors (Lipinski definition) is 3. The van der Waals surface area contributed by atoms with Crippen molar-refractivity contribution in [3.63, 3.8) is 0 Å². The molecule has 1 aromatic carbocycles. The molecule has 1 aliphatic carbocycles. The van der Waals surface area contributed by atoms with Crippen molar-refractivity contribution in [1.29, 1.82) is 0 Å². The van der Waals surface area contributed by atoms with Crippen molar-refractivity contribution in [3.8, 4) is 0 Å². The summed E-state index contributed by atoms with van der Waals surface area (Å²) in [6, 6.07) is 7.86.